The van der Waals surface area contributed by atoms with E-state index < -0.39 is 0 Å². The Morgan fingerprint density at radius 1 is 0.684 bits per heavy atom. The molecule has 3 aromatic rings. The van der Waals surface area contributed by atoms with E-state index in [4.69, 9.17) is 9.47 Å². The average molecular weight is 646 g/mol. The maximum Gasteiger partial charge on any atom is 0.255 e. The molecular weight excluding hydrogens is 612 g/mol. The molecule has 0 aliphatic rings. The van der Waals surface area contributed by atoms with Crippen molar-refractivity contribution in [3.63, 3.8) is 0 Å². The van der Waals surface area contributed by atoms with Gasteiger partial charge in [-0.15, -0.1) is 0 Å². The maximum atomic E-state index is 13.0. The van der Waals surface area contributed by atoms with Crippen LogP contribution in [0.15, 0.2) is 69.6 Å². The van der Waals surface area contributed by atoms with Gasteiger partial charge in [0.25, 0.3) is 11.8 Å². The number of amides is 2. The fourth-order valence-corrected chi connectivity index (χ4v) is 4.40. The minimum atomic E-state index is -0.299. The predicted octanol–water partition coefficient (Wildman–Crippen LogP) is 8.57. The summed E-state index contributed by atoms with van der Waals surface area (Å²) in [6, 6.07) is 17.5. The highest BCUT2D eigenvalue weighted by molar-refractivity contribution is 9.10. The molecule has 0 bridgehead atoms. The van der Waals surface area contributed by atoms with Crippen molar-refractivity contribution in [3.8, 4) is 11.5 Å². The van der Waals surface area contributed by atoms with Gasteiger partial charge in [0.2, 0.25) is 0 Å². The average Bonchev–Trinajstić information content (AvgIpc) is 2.86. The summed E-state index contributed by atoms with van der Waals surface area (Å²) >= 11 is 6.99. The first-order chi connectivity index (χ1) is 18.1. The van der Waals surface area contributed by atoms with Crippen molar-refractivity contribution in [2.24, 2.45) is 11.8 Å². The van der Waals surface area contributed by atoms with E-state index >= 15 is 0 Å². The number of halogens is 2. The third-order valence-electron chi connectivity index (χ3n) is 5.72. The summed E-state index contributed by atoms with van der Waals surface area (Å²) in [6.07, 6.45) is 1.90. The van der Waals surface area contributed by atoms with Crippen molar-refractivity contribution in [1.29, 1.82) is 0 Å². The van der Waals surface area contributed by atoms with E-state index in [1.807, 2.05) is 0 Å². The van der Waals surface area contributed by atoms with Crippen LogP contribution in [0.4, 0.5) is 11.4 Å². The van der Waals surface area contributed by atoms with Gasteiger partial charge in [0.05, 0.1) is 33.5 Å². The normalized spacial score (nSPS) is 10.9. The molecular formula is C30H34Br2N2O4. The SMILES string of the molecule is CC(C)CCOc1ccc(C(=O)Nc2ccccc2NC(=O)c2ccc(OCCC(C)C)c(Br)c2)cc1Br. The molecule has 0 aromatic heterocycles. The molecule has 0 aliphatic heterocycles. The number of hydrogen-bond acceptors (Lipinski definition) is 4. The topological polar surface area (TPSA) is 76.7 Å². The zero-order valence-electron chi connectivity index (χ0n) is 22.1. The molecule has 0 aliphatic carbocycles. The summed E-state index contributed by atoms with van der Waals surface area (Å²) < 4.78 is 13.0. The number of carbonyl (C=O) groups is 2. The van der Waals surface area contributed by atoms with Crippen LogP contribution in [-0.4, -0.2) is 25.0 Å². The van der Waals surface area contributed by atoms with E-state index in [-0.39, 0.29) is 11.8 Å². The Morgan fingerprint density at radius 2 is 1.08 bits per heavy atom. The van der Waals surface area contributed by atoms with E-state index in [2.05, 4.69) is 70.2 Å². The summed E-state index contributed by atoms with van der Waals surface area (Å²) in [6.45, 7) is 9.80. The zero-order chi connectivity index (χ0) is 27.7. The minimum Gasteiger partial charge on any atom is -0.492 e. The van der Waals surface area contributed by atoms with E-state index in [9.17, 15) is 9.59 Å². The first-order valence-corrected chi connectivity index (χ1v) is 14.3. The molecule has 0 fully saturated rings. The van der Waals surface area contributed by atoms with Gasteiger partial charge in [-0.05, 0) is 105 Å². The van der Waals surface area contributed by atoms with Crippen LogP contribution >= 0.6 is 31.9 Å². The quantitative estimate of drug-likeness (QED) is 0.207. The highest BCUT2D eigenvalue weighted by Gasteiger charge is 2.15. The second-order valence-corrected chi connectivity index (χ2v) is 11.5. The molecule has 0 atom stereocenters. The van der Waals surface area contributed by atoms with Crippen molar-refractivity contribution >= 4 is 55.0 Å². The van der Waals surface area contributed by atoms with E-state index in [1.54, 1.807) is 60.7 Å². The van der Waals surface area contributed by atoms with Crippen molar-refractivity contribution in [3.05, 3.63) is 80.7 Å². The lowest BCUT2D eigenvalue weighted by molar-refractivity contribution is 0.101. The third-order valence-corrected chi connectivity index (χ3v) is 6.96. The number of nitrogens with one attached hydrogen (secondary N) is 2. The molecule has 2 amide bonds. The molecule has 0 radical (unpaired) electrons. The van der Waals surface area contributed by atoms with Crippen LogP contribution in [0.2, 0.25) is 0 Å². The van der Waals surface area contributed by atoms with Crippen molar-refractivity contribution in [2.75, 3.05) is 23.8 Å². The van der Waals surface area contributed by atoms with Crippen LogP contribution in [0.5, 0.6) is 11.5 Å². The highest BCUT2D eigenvalue weighted by atomic mass is 79.9. The van der Waals surface area contributed by atoms with Gasteiger partial charge in [0, 0.05) is 11.1 Å². The Kier molecular flexibility index (Phi) is 11.2. The second kappa shape index (κ2) is 14.4. The number of rotatable bonds is 12. The first-order valence-electron chi connectivity index (χ1n) is 12.7. The van der Waals surface area contributed by atoms with Crippen LogP contribution in [0.1, 0.15) is 61.3 Å². The standard InChI is InChI=1S/C30H34Br2N2O4/c1-19(2)13-15-37-27-11-9-21(17-23(27)31)29(35)33-25-7-5-6-8-26(25)34-30(36)22-10-12-28(24(32)18-22)38-16-14-20(3)4/h5-12,17-20H,13-16H2,1-4H3,(H,33,35)(H,34,36). The number of para-hydroxylation sites is 2. The third kappa shape index (κ3) is 8.88. The van der Waals surface area contributed by atoms with Crippen molar-refractivity contribution < 1.29 is 19.1 Å². The molecule has 0 heterocycles. The lowest BCUT2D eigenvalue weighted by Gasteiger charge is -2.14. The molecule has 0 spiro atoms. The fourth-order valence-electron chi connectivity index (χ4n) is 3.42. The Labute approximate surface area is 241 Å². The molecule has 202 valence electrons. The van der Waals surface area contributed by atoms with Gasteiger partial charge in [0.1, 0.15) is 11.5 Å². The van der Waals surface area contributed by atoms with Crippen LogP contribution < -0.4 is 20.1 Å². The number of carbonyl (C=O) groups excluding carboxylic acids is 2. The largest absolute Gasteiger partial charge is 0.492 e. The van der Waals surface area contributed by atoms with Gasteiger partial charge in [-0.2, -0.15) is 0 Å². The number of ether oxygens (including phenoxy) is 2. The summed E-state index contributed by atoms with van der Waals surface area (Å²) in [4.78, 5) is 26.0. The summed E-state index contributed by atoms with van der Waals surface area (Å²) in [5, 5.41) is 5.79. The highest BCUT2D eigenvalue weighted by Crippen LogP contribution is 2.29. The fraction of sp³-hybridized carbons (Fsp3) is 0.333. The van der Waals surface area contributed by atoms with Gasteiger partial charge in [-0.3, -0.25) is 9.59 Å². The Bertz CT molecular complexity index is 1160. The van der Waals surface area contributed by atoms with Gasteiger partial charge < -0.3 is 20.1 Å². The van der Waals surface area contributed by atoms with Crippen LogP contribution in [0.3, 0.4) is 0 Å². The monoisotopic (exact) mass is 644 g/mol. The number of anilines is 2. The summed E-state index contributed by atoms with van der Waals surface area (Å²) in [5.41, 5.74) is 1.91. The van der Waals surface area contributed by atoms with E-state index in [0.29, 0.717) is 68.0 Å². The molecule has 38 heavy (non-hydrogen) atoms. The van der Waals surface area contributed by atoms with E-state index in [0.717, 1.165) is 12.8 Å². The minimum absolute atomic E-state index is 0.299. The van der Waals surface area contributed by atoms with E-state index in [1.165, 1.54) is 0 Å². The lowest BCUT2D eigenvalue weighted by atomic mass is 10.1. The van der Waals surface area contributed by atoms with Crippen molar-refractivity contribution in [1.82, 2.24) is 0 Å². The molecule has 0 saturated heterocycles. The summed E-state index contributed by atoms with van der Waals surface area (Å²) in [5.74, 6) is 1.89. The van der Waals surface area contributed by atoms with Gasteiger partial charge in [-0.25, -0.2) is 0 Å². The molecule has 0 saturated carbocycles. The molecule has 3 aromatic carbocycles. The van der Waals surface area contributed by atoms with Gasteiger partial charge >= 0.3 is 0 Å². The van der Waals surface area contributed by atoms with Crippen LogP contribution in [0.25, 0.3) is 0 Å². The lowest BCUT2D eigenvalue weighted by Crippen LogP contribution is -2.17. The molecule has 0 unspecified atom stereocenters. The van der Waals surface area contributed by atoms with Crippen LogP contribution in [0, 0.1) is 11.8 Å². The summed E-state index contributed by atoms with van der Waals surface area (Å²) in [7, 11) is 0. The second-order valence-electron chi connectivity index (χ2n) is 9.81. The Morgan fingerprint density at radius 3 is 1.42 bits per heavy atom. The zero-order valence-corrected chi connectivity index (χ0v) is 25.3. The predicted molar refractivity (Wildman–Crippen MR) is 161 cm³/mol. The molecule has 3 rings (SSSR count). The molecule has 8 heteroatoms. The van der Waals surface area contributed by atoms with Gasteiger partial charge in [0.15, 0.2) is 0 Å². The number of benzene rings is 3. The van der Waals surface area contributed by atoms with Crippen LogP contribution in [-0.2, 0) is 0 Å². The molecule has 2 N–H and O–H groups in total. The molecule has 6 nitrogen and oxygen atoms in total. The maximum absolute atomic E-state index is 13.0. The smallest absolute Gasteiger partial charge is 0.255 e. The first kappa shape index (κ1) is 29.7. The number of hydrogen-bond donors (Lipinski definition) is 2. The Hall–Kier alpha value is -2.84. The van der Waals surface area contributed by atoms with Crippen molar-refractivity contribution in [2.45, 2.75) is 40.5 Å². The van der Waals surface area contributed by atoms with Gasteiger partial charge in [-0.1, -0.05) is 39.8 Å². The Balaban J connectivity index is 1.66.